The van der Waals surface area contributed by atoms with Crippen LogP contribution >= 0.6 is 0 Å². The maximum atomic E-state index is 6.15. The molecule has 1 aromatic carbocycles. The minimum atomic E-state index is -1.95. The van der Waals surface area contributed by atoms with Crippen LogP contribution in [0.1, 0.15) is 31.4 Å². The summed E-state index contributed by atoms with van der Waals surface area (Å²) in [5, 5.41) is 0. The first-order chi connectivity index (χ1) is 9.21. The van der Waals surface area contributed by atoms with Crippen molar-refractivity contribution >= 4 is 14.6 Å². The molecule has 0 saturated carbocycles. The van der Waals surface area contributed by atoms with E-state index in [0.717, 1.165) is 31.5 Å². The average Bonchev–Trinajstić information content (AvgIpc) is 2.47. The lowest BCUT2D eigenvalue weighted by Gasteiger charge is -2.27. The van der Waals surface area contributed by atoms with Gasteiger partial charge in [-0.3, -0.25) is 0 Å². The second-order valence-electron chi connectivity index (χ2n) is 4.72. The maximum absolute atomic E-state index is 6.15. The highest BCUT2D eigenvalue weighted by molar-refractivity contribution is 6.67. The van der Waals surface area contributed by atoms with Crippen LogP contribution in [0.2, 0.25) is 12.1 Å². The smallest absolute Gasteiger partial charge is 0.337 e. The topological polar surface area (TPSA) is 18.5 Å². The van der Waals surface area contributed by atoms with Crippen LogP contribution in [0, 0.1) is 0 Å². The van der Waals surface area contributed by atoms with Crippen molar-refractivity contribution in [3.63, 3.8) is 0 Å². The van der Waals surface area contributed by atoms with E-state index >= 15 is 0 Å². The number of hydrogen-bond acceptors (Lipinski definition) is 2. The van der Waals surface area contributed by atoms with E-state index < -0.39 is 8.56 Å². The fourth-order valence-electron chi connectivity index (χ4n) is 2.35. The normalized spacial score (nSPS) is 14.1. The van der Waals surface area contributed by atoms with Crippen molar-refractivity contribution in [1.29, 1.82) is 0 Å². The third-order valence-corrected chi connectivity index (χ3v) is 7.37. The Labute approximate surface area is 118 Å². The quantitative estimate of drug-likeness (QED) is 0.623. The number of rotatable bonds is 9. The molecule has 0 aliphatic rings. The van der Waals surface area contributed by atoms with Gasteiger partial charge < -0.3 is 8.85 Å². The molecule has 0 aliphatic heterocycles. The third-order valence-electron chi connectivity index (χ3n) is 3.55. The van der Waals surface area contributed by atoms with E-state index in [2.05, 4.69) is 38.6 Å². The molecule has 0 saturated heterocycles. The van der Waals surface area contributed by atoms with E-state index in [1.807, 2.05) is 12.1 Å². The Kier molecular flexibility index (Phi) is 7.06. The monoisotopic (exact) mass is 278 g/mol. The van der Waals surface area contributed by atoms with E-state index in [4.69, 9.17) is 8.85 Å². The van der Waals surface area contributed by atoms with Crippen LogP contribution in [0.4, 0.5) is 0 Å². The first-order valence-corrected chi connectivity index (χ1v) is 9.34. The second kappa shape index (κ2) is 8.30. The molecule has 0 fully saturated rings. The lowest BCUT2D eigenvalue weighted by atomic mass is 10.1. The molecule has 3 heteroatoms. The number of benzene rings is 1. The summed E-state index contributed by atoms with van der Waals surface area (Å²) in [6.45, 7) is 8.95. The van der Waals surface area contributed by atoms with Crippen LogP contribution in [-0.2, 0) is 15.3 Å². The Morgan fingerprint density at radius 2 is 2.00 bits per heavy atom. The molecule has 0 N–H and O–H groups in total. The van der Waals surface area contributed by atoms with Gasteiger partial charge in [0.05, 0.1) is 0 Å². The molecule has 0 amide bonds. The van der Waals surface area contributed by atoms with Gasteiger partial charge in [0.1, 0.15) is 0 Å². The summed E-state index contributed by atoms with van der Waals surface area (Å²) in [7, 11) is -0.156. The molecule has 19 heavy (non-hydrogen) atoms. The first kappa shape index (κ1) is 16.2. The first-order valence-electron chi connectivity index (χ1n) is 7.10. The van der Waals surface area contributed by atoms with Crippen LogP contribution in [0.5, 0.6) is 0 Å². The molecular weight excluding hydrogens is 252 g/mol. The second-order valence-corrected chi connectivity index (χ2v) is 8.45. The predicted molar refractivity (Wildman–Crippen MR) is 84.5 cm³/mol. The van der Waals surface area contributed by atoms with Gasteiger partial charge in [-0.05, 0) is 29.6 Å². The average molecular weight is 278 g/mol. The SMILES string of the molecule is C=Cc1ccccc1CCO[Si](CC)(CCC)OC. The molecule has 0 aliphatic carbocycles. The van der Waals surface area contributed by atoms with E-state index in [0.29, 0.717) is 0 Å². The lowest BCUT2D eigenvalue weighted by Crippen LogP contribution is -2.40. The van der Waals surface area contributed by atoms with Gasteiger partial charge in [0.15, 0.2) is 0 Å². The fraction of sp³-hybridized carbons (Fsp3) is 0.500. The van der Waals surface area contributed by atoms with Crippen LogP contribution in [0.3, 0.4) is 0 Å². The zero-order valence-electron chi connectivity index (χ0n) is 12.4. The Morgan fingerprint density at radius 1 is 1.26 bits per heavy atom. The molecule has 2 nitrogen and oxygen atoms in total. The van der Waals surface area contributed by atoms with Crippen molar-refractivity contribution in [3.05, 3.63) is 42.0 Å². The summed E-state index contributed by atoms with van der Waals surface area (Å²) in [6.07, 6.45) is 3.95. The van der Waals surface area contributed by atoms with Gasteiger partial charge in [-0.1, -0.05) is 57.2 Å². The molecule has 0 heterocycles. The minimum absolute atomic E-state index is 0.735. The summed E-state index contributed by atoms with van der Waals surface area (Å²) >= 11 is 0. The summed E-state index contributed by atoms with van der Waals surface area (Å²) in [5.41, 5.74) is 2.49. The van der Waals surface area contributed by atoms with Gasteiger partial charge in [-0.2, -0.15) is 0 Å². The van der Waals surface area contributed by atoms with E-state index in [1.54, 1.807) is 7.11 Å². The molecule has 1 rings (SSSR count). The standard InChI is InChI=1S/C16H26O2Si/c1-5-14-19(7-3,17-4)18-13-12-16-11-9-8-10-15(16)6-2/h6,8-11H,2,5,7,12-14H2,1,3-4H3. The van der Waals surface area contributed by atoms with Gasteiger partial charge in [0.2, 0.25) is 0 Å². The number of hydrogen-bond donors (Lipinski definition) is 0. The largest absolute Gasteiger partial charge is 0.398 e. The van der Waals surface area contributed by atoms with Crippen molar-refractivity contribution in [2.75, 3.05) is 13.7 Å². The minimum Gasteiger partial charge on any atom is -0.398 e. The van der Waals surface area contributed by atoms with Crippen LogP contribution in [0.15, 0.2) is 30.8 Å². The molecule has 0 spiro atoms. The predicted octanol–water partition coefficient (Wildman–Crippen LogP) is 4.41. The van der Waals surface area contributed by atoms with Crippen molar-refractivity contribution in [1.82, 2.24) is 0 Å². The summed E-state index contributed by atoms with van der Waals surface area (Å²) in [6, 6.07) is 10.4. The third kappa shape index (κ3) is 4.60. The Bertz CT molecular complexity index is 386. The molecular formula is C16H26O2Si. The van der Waals surface area contributed by atoms with Gasteiger partial charge in [0.25, 0.3) is 0 Å². The summed E-state index contributed by atoms with van der Waals surface area (Å²) in [4.78, 5) is 0. The zero-order chi connectivity index (χ0) is 14.1. The van der Waals surface area contributed by atoms with Crippen LogP contribution in [0.25, 0.3) is 6.08 Å². The Hall–Kier alpha value is -0.903. The highest BCUT2D eigenvalue weighted by Gasteiger charge is 2.33. The molecule has 106 valence electrons. The van der Waals surface area contributed by atoms with Crippen LogP contribution in [-0.4, -0.2) is 22.3 Å². The molecule has 0 aromatic heterocycles. The van der Waals surface area contributed by atoms with Gasteiger partial charge in [-0.25, -0.2) is 0 Å². The molecule has 1 aromatic rings. The summed E-state index contributed by atoms with van der Waals surface area (Å²) < 4.78 is 11.9. The van der Waals surface area contributed by atoms with Gasteiger partial charge >= 0.3 is 8.56 Å². The molecule has 1 unspecified atom stereocenters. The highest BCUT2D eigenvalue weighted by Crippen LogP contribution is 2.20. The highest BCUT2D eigenvalue weighted by atomic mass is 28.4. The molecule has 0 bridgehead atoms. The van der Waals surface area contributed by atoms with E-state index in [-0.39, 0.29) is 0 Å². The van der Waals surface area contributed by atoms with E-state index in [1.165, 1.54) is 11.1 Å². The Morgan fingerprint density at radius 3 is 2.58 bits per heavy atom. The van der Waals surface area contributed by atoms with Crippen molar-refractivity contribution in [2.24, 2.45) is 0 Å². The Balaban J connectivity index is 2.59. The van der Waals surface area contributed by atoms with Gasteiger partial charge in [0, 0.05) is 13.7 Å². The maximum Gasteiger partial charge on any atom is 0.337 e. The fourth-order valence-corrected chi connectivity index (χ4v) is 4.89. The zero-order valence-corrected chi connectivity index (χ0v) is 13.4. The molecule has 1 atom stereocenters. The van der Waals surface area contributed by atoms with Crippen molar-refractivity contribution in [3.8, 4) is 0 Å². The van der Waals surface area contributed by atoms with Gasteiger partial charge in [-0.15, -0.1) is 0 Å². The molecule has 0 radical (unpaired) electrons. The van der Waals surface area contributed by atoms with Crippen molar-refractivity contribution in [2.45, 2.75) is 38.8 Å². The van der Waals surface area contributed by atoms with Crippen molar-refractivity contribution < 1.29 is 8.85 Å². The van der Waals surface area contributed by atoms with Crippen LogP contribution < -0.4 is 0 Å². The van der Waals surface area contributed by atoms with E-state index in [9.17, 15) is 0 Å². The summed E-state index contributed by atoms with van der Waals surface area (Å²) in [5.74, 6) is 0. The lowest BCUT2D eigenvalue weighted by molar-refractivity contribution is 0.201.